The van der Waals surface area contributed by atoms with Gasteiger partial charge in [0.25, 0.3) is 0 Å². The van der Waals surface area contributed by atoms with E-state index in [1.165, 1.54) is 6.33 Å². The predicted octanol–water partition coefficient (Wildman–Crippen LogP) is 4.64. The molecule has 1 fully saturated rings. The minimum absolute atomic E-state index is 0.0679. The summed E-state index contributed by atoms with van der Waals surface area (Å²) in [5.41, 5.74) is 1.47. The van der Waals surface area contributed by atoms with Gasteiger partial charge in [-0.3, -0.25) is 0 Å². The van der Waals surface area contributed by atoms with Crippen molar-refractivity contribution >= 4 is 45.6 Å². The Morgan fingerprint density at radius 3 is 2.88 bits per heavy atom. The molecule has 2 atom stereocenters. The van der Waals surface area contributed by atoms with Gasteiger partial charge < -0.3 is 29.2 Å². The molecule has 2 aromatic carbocycles. The third-order valence-electron chi connectivity index (χ3n) is 5.57. The van der Waals surface area contributed by atoms with E-state index in [-0.39, 0.29) is 12.1 Å². The molecule has 3 heterocycles. The van der Waals surface area contributed by atoms with E-state index >= 15 is 0 Å². The van der Waals surface area contributed by atoms with E-state index in [1.807, 2.05) is 24.4 Å². The topological polar surface area (TPSA) is 78.0 Å². The molecule has 0 saturated carbocycles. The van der Waals surface area contributed by atoms with Gasteiger partial charge in [0.1, 0.15) is 31.5 Å². The lowest BCUT2D eigenvalue weighted by Gasteiger charge is -2.40. The molecule has 2 unspecified atom stereocenters. The number of anilines is 2. The van der Waals surface area contributed by atoms with Gasteiger partial charge in [-0.15, -0.1) is 0 Å². The van der Waals surface area contributed by atoms with Crippen molar-refractivity contribution in [2.24, 2.45) is 0 Å². The first-order chi connectivity index (χ1) is 16.1. The largest absolute Gasteiger partial charge is 0.497 e. The molecule has 5 rings (SSSR count). The van der Waals surface area contributed by atoms with Crippen molar-refractivity contribution in [1.82, 2.24) is 14.9 Å². The quantitative estimate of drug-likeness (QED) is 0.537. The molecule has 10 heteroatoms. The van der Waals surface area contributed by atoms with Crippen molar-refractivity contribution < 1.29 is 18.9 Å². The average Bonchev–Trinajstić information content (AvgIpc) is 2.84. The number of benzene rings is 2. The highest BCUT2D eigenvalue weighted by atomic mass is 35.5. The summed E-state index contributed by atoms with van der Waals surface area (Å²) in [7, 11) is 1.60. The number of halogens is 2. The third kappa shape index (κ3) is 4.73. The van der Waals surface area contributed by atoms with Crippen LogP contribution in [0.5, 0.6) is 11.5 Å². The van der Waals surface area contributed by atoms with E-state index in [2.05, 4.69) is 20.2 Å². The zero-order valence-electron chi connectivity index (χ0n) is 17.8. The first kappa shape index (κ1) is 21.9. The fourth-order valence-electron chi connectivity index (χ4n) is 3.82. The molecule has 1 saturated heterocycles. The van der Waals surface area contributed by atoms with Gasteiger partial charge in [0.2, 0.25) is 0 Å². The number of fused-ring (bicyclic) bond motifs is 2. The molecule has 33 heavy (non-hydrogen) atoms. The summed E-state index contributed by atoms with van der Waals surface area (Å²) in [5.74, 6) is 1.78. The molecule has 0 bridgehead atoms. The second-order valence-electron chi connectivity index (χ2n) is 7.73. The van der Waals surface area contributed by atoms with Gasteiger partial charge in [-0.25, -0.2) is 9.97 Å². The van der Waals surface area contributed by atoms with Crippen LogP contribution in [0.1, 0.15) is 0 Å². The third-order valence-corrected chi connectivity index (χ3v) is 6.31. The zero-order valence-corrected chi connectivity index (χ0v) is 19.3. The lowest BCUT2D eigenvalue weighted by atomic mass is 10.2. The van der Waals surface area contributed by atoms with E-state index < -0.39 is 0 Å². The molecule has 2 aliphatic heterocycles. The van der Waals surface area contributed by atoms with Crippen LogP contribution in [0.15, 0.2) is 49.1 Å². The van der Waals surface area contributed by atoms with Crippen LogP contribution in [0.4, 0.5) is 11.5 Å². The molecule has 8 nitrogen and oxygen atoms in total. The summed E-state index contributed by atoms with van der Waals surface area (Å²) in [5, 5.41) is 4.99. The van der Waals surface area contributed by atoms with Crippen LogP contribution in [0.25, 0.3) is 10.9 Å². The van der Waals surface area contributed by atoms with Gasteiger partial charge >= 0.3 is 0 Å². The van der Waals surface area contributed by atoms with Crippen LogP contribution in [-0.4, -0.2) is 60.5 Å². The Morgan fingerprint density at radius 1 is 1.12 bits per heavy atom. The summed E-state index contributed by atoms with van der Waals surface area (Å²) in [6.45, 7) is 2.37. The average molecular weight is 489 g/mol. The zero-order chi connectivity index (χ0) is 22.8. The van der Waals surface area contributed by atoms with E-state index in [9.17, 15) is 0 Å². The van der Waals surface area contributed by atoms with Gasteiger partial charge in [0.05, 0.1) is 41.6 Å². The number of nitrogens with zero attached hydrogens (tertiary/aromatic N) is 3. The Kier molecular flexibility index (Phi) is 6.30. The maximum Gasteiger partial charge on any atom is 0.163 e. The number of ether oxygens (including phenoxy) is 4. The Morgan fingerprint density at radius 2 is 2.03 bits per heavy atom. The summed E-state index contributed by atoms with van der Waals surface area (Å²) in [4.78, 5) is 11.0. The number of nitrogens with one attached hydrogen (secondary N) is 1. The lowest BCUT2D eigenvalue weighted by Crippen LogP contribution is -2.51. The summed E-state index contributed by atoms with van der Waals surface area (Å²) in [6.07, 6.45) is 5.10. The fourth-order valence-corrected chi connectivity index (χ4v) is 4.12. The van der Waals surface area contributed by atoms with Crippen molar-refractivity contribution in [3.05, 3.63) is 59.2 Å². The molecule has 0 aliphatic carbocycles. The Labute approximate surface area is 201 Å². The van der Waals surface area contributed by atoms with Crippen molar-refractivity contribution in [3.63, 3.8) is 0 Å². The molecule has 1 N–H and O–H groups in total. The highest BCUT2D eigenvalue weighted by Gasteiger charge is 2.29. The highest BCUT2D eigenvalue weighted by molar-refractivity contribution is 6.42. The molecule has 0 spiro atoms. The number of hydrogen-bond acceptors (Lipinski definition) is 8. The number of aromatic nitrogens is 2. The van der Waals surface area contributed by atoms with E-state index in [4.69, 9.17) is 42.1 Å². The number of hydrogen-bond donors (Lipinski definition) is 1. The number of methoxy groups -OCH3 is 1. The van der Waals surface area contributed by atoms with Crippen molar-refractivity contribution in [2.75, 3.05) is 38.8 Å². The smallest absolute Gasteiger partial charge is 0.163 e. The fraction of sp³-hybridized carbons (Fsp3) is 0.304. The maximum atomic E-state index is 6.14. The van der Waals surface area contributed by atoms with Crippen LogP contribution in [0.3, 0.4) is 0 Å². The van der Waals surface area contributed by atoms with Gasteiger partial charge in [-0.1, -0.05) is 23.2 Å². The molecular formula is C23H22Cl2N4O4. The van der Waals surface area contributed by atoms with Gasteiger partial charge in [0.15, 0.2) is 11.5 Å². The van der Waals surface area contributed by atoms with Crippen LogP contribution in [0.2, 0.25) is 10.0 Å². The number of rotatable bonds is 6. The van der Waals surface area contributed by atoms with Crippen LogP contribution >= 0.6 is 23.2 Å². The second kappa shape index (κ2) is 9.51. The lowest BCUT2D eigenvalue weighted by molar-refractivity contribution is -0.0828. The minimum atomic E-state index is -0.0679. The van der Waals surface area contributed by atoms with E-state index in [0.717, 1.165) is 17.6 Å². The van der Waals surface area contributed by atoms with Gasteiger partial charge in [-0.05, 0) is 24.3 Å². The monoisotopic (exact) mass is 488 g/mol. The highest BCUT2D eigenvalue weighted by Crippen LogP contribution is 2.35. The molecular weight excluding hydrogens is 467 g/mol. The normalized spacial score (nSPS) is 19.7. The van der Waals surface area contributed by atoms with E-state index in [1.54, 1.807) is 25.5 Å². The molecule has 0 amide bonds. The Balaban J connectivity index is 1.35. The number of morpholine rings is 1. The molecule has 1 aromatic heterocycles. The van der Waals surface area contributed by atoms with Gasteiger partial charge in [-0.2, -0.15) is 0 Å². The van der Waals surface area contributed by atoms with Crippen LogP contribution < -0.4 is 14.8 Å². The Hall–Kier alpha value is -2.94. The Bertz CT molecular complexity index is 1190. The van der Waals surface area contributed by atoms with Gasteiger partial charge in [0, 0.05) is 29.9 Å². The van der Waals surface area contributed by atoms with Crippen LogP contribution in [-0.2, 0) is 9.47 Å². The SMILES string of the molecule is COc1cc2c(Nc3ccc(Cl)c(Cl)c3)ncnc2cc1OCC1CN2C=COCC2CO1. The minimum Gasteiger partial charge on any atom is -0.497 e. The second-order valence-corrected chi connectivity index (χ2v) is 8.55. The first-order valence-electron chi connectivity index (χ1n) is 10.4. The molecule has 0 radical (unpaired) electrons. The van der Waals surface area contributed by atoms with E-state index in [0.29, 0.717) is 52.7 Å². The standard InChI is InChI=1S/C23H22Cl2N4O4/c1-30-21-7-17-20(26-13-27-23(17)28-14-2-3-18(24)19(25)6-14)8-22(21)33-12-16-9-29-4-5-31-10-15(29)11-32-16/h2-8,13,15-16H,9-12H2,1H3,(H,26,27,28). The maximum absolute atomic E-state index is 6.14. The molecule has 3 aromatic rings. The summed E-state index contributed by atoms with van der Waals surface area (Å²) < 4.78 is 23.0. The predicted molar refractivity (Wildman–Crippen MR) is 127 cm³/mol. The van der Waals surface area contributed by atoms with Crippen molar-refractivity contribution in [2.45, 2.75) is 12.1 Å². The molecule has 172 valence electrons. The summed E-state index contributed by atoms with van der Waals surface area (Å²) >= 11 is 12.2. The van der Waals surface area contributed by atoms with Crippen LogP contribution in [0, 0.1) is 0 Å². The van der Waals surface area contributed by atoms with Crippen molar-refractivity contribution in [3.8, 4) is 11.5 Å². The molecule has 2 aliphatic rings. The first-order valence-corrected chi connectivity index (χ1v) is 11.2. The van der Waals surface area contributed by atoms with Crippen molar-refractivity contribution in [1.29, 1.82) is 0 Å². The summed E-state index contributed by atoms with van der Waals surface area (Å²) in [6, 6.07) is 9.24.